The molecule has 0 unspecified atom stereocenters. The number of carbonyl (C=O) groups excluding carboxylic acids is 1. The van der Waals surface area contributed by atoms with E-state index in [2.05, 4.69) is 52.8 Å². The smallest absolute Gasteiger partial charge is 0.162 e. The Balaban J connectivity index is 0.000000269. The van der Waals surface area contributed by atoms with E-state index in [-0.39, 0.29) is 48.9 Å². The van der Waals surface area contributed by atoms with Crippen molar-refractivity contribution in [1.82, 2.24) is 9.97 Å². The largest absolute Gasteiger partial charge is 0.512 e. The molecule has 0 fully saturated rings. The number of furan rings is 1. The van der Waals surface area contributed by atoms with E-state index in [1.54, 1.807) is 0 Å². The van der Waals surface area contributed by atoms with Crippen molar-refractivity contribution in [2.75, 3.05) is 0 Å². The molecular weight excluding hydrogens is 761 g/mol. The van der Waals surface area contributed by atoms with Gasteiger partial charge in [0, 0.05) is 54.8 Å². The van der Waals surface area contributed by atoms with E-state index in [1.807, 2.05) is 58.0 Å². The summed E-state index contributed by atoms with van der Waals surface area (Å²) in [6.07, 6.45) is 5.89. The van der Waals surface area contributed by atoms with Crippen LogP contribution in [0, 0.1) is 30.7 Å². The third kappa shape index (κ3) is 6.82. The van der Waals surface area contributed by atoms with Crippen molar-refractivity contribution in [2.24, 2.45) is 17.8 Å². The van der Waals surface area contributed by atoms with Gasteiger partial charge >= 0.3 is 0 Å². The number of aryl methyl sites for hydroxylation is 1. The minimum atomic E-state index is -0.321. The number of aliphatic hydroxyl groups excluding tert-OH is 1. The average molecular weight is 810 g/mol. The van der Waals surface area contributed by atoms with E-state index in [1.165, 1.54) is 22.6 Å². The van der Waals surface area contributed by atoms with Crippen LogP contribution in [0.2, 0.25) is 0 Å². The summed E-state index contributed by atoms with van der Waals surface area (Å²) in [6, 6.07) is 18.2. The van der Waals surface area contributed by atoms with Crippen LogP contribution in [0.4, 0.5) is 0 Å². The number of hydrogen-bond acceptors (Lipinski definition) is 5. The van der Waals surface area contributed by atoms with Crippen molar-refractivity contribution in [3.8, 4) is 11.3 Å². The molecule has 3 aromatic carbocycles. The second-order valence-corrected chi connectivity index (χ2v) is 13.8. The summed E-state index contributed by atoms with van der Waals surface area (Å²) in [4.78, 5) is 22.0. The van der Waals surface area contributed by atoms with Crippen LogP contribution in [0.15, 0.2) is 58.7 Å². The molecule has 1 aliphatic rings. The molecule has 251 valence electrons. The van der Waals surface area contributed by atoms with Crippen molar-refractivity contribution in [2.45, 2.75) is 99.8 Å². The Kier molecular flexibility index (Phi) is 11.5. The van der Waals surface area contributed by atoms with Crippen molar-refractivity contribution in [3.05, 3.63) is 82.8 Å². The van der Waals surface area contributed by atoms with Crippen molar-refractivity contribution in [1.29, 1.82) is 0 Å². The fraction of sp³-hybridized carbons (Fsp3) is 0.439. The maximum Gasteiger partial charge on any atom is 0.162 e. The van der Waals surface area contributed by atoms with Crippen molar-refractivity contribution in [3.63, 3.8) is 0 Å². The summed E-state index contributed by atoms with van der Waals surface area (Å²) < 4.78 is 6.60. The monoisotopic (exact) mass is 810 g/mol. The average Bonchev–Trinajstić information content (AvgIpc) is 3.41. The van der Waals surface area contributed by atoms with Crippen LogP contribution < -0.4 is 0 Å². The Morgan fingerprint density at radius 2 is 1.53 bits per heavy atom. The number of para-hydroxylation sites is 2. The normalized spacial score (nSPS) is 13.7. The van der Waals surface area contributed by atoms with E-state index in [0.717, 1.165) is 82.2 Å². The van der Waals surface area contributed by atoms with Gasteiger partial charge in [-0.05, 0) is 66.7 Å². The number of aliphatic hydroxyl groups is 1. The van der Waals surface area contributed by atoms with Gasteiger partial charge in [-0.1, -0.05) is 97.5 Å². The summed E-state index contributed by atoms with van der Waals surface area (Å²) in [7, 11) is 0. The summed E-state index contributed by atoms with van der Waals surface area (Å²) >= 11 is 0. The fourth-order valence-corrected chi connectivity index (χ4v) is 6.92. The van der Waals surface area contributed by atoms with E-state index in [9.17, 15) is 9.90 Å². The van der Waals surface area contributed by atoms with Gasteiger partial charge in [0.25, 0.3) is 0 Å². The maximum atomic E-state index is 11.7. The topological polar surface area (TPSA) is 76.2 Å². The summed E-state index contributed by atoms with van der Waals surface area (Å²) in [5, 5.41) is 12.1. The van der Waals surface area contributed by atoms with Gasteiger partial charge in [0.1, 0.15) is 5.58 Å². The van der Waals surface area contributed by atoms with E-state index < -0.39 is 0 Å². The Morgan fingerprint density at radius 3 is 2.13 bits per heavy atom. The van der Waals surface area contributed by atoms with Gasteiger partial charge < -0.3 is 9.52 Å². The number of fused-ring (bicyclic) bond motifs is 3. The van der Waals surface area contributed by atoms with Crippen molar-refractivity contribution >= 4 is 38.8 Å². The van der Waals surface area contributed by atoms with Crippen LogP contribution in [-0.2, 0) is 36.7 Å². The molecule has 5 nitrogen and oxygen atoms in total. The molecule has 0 saturated carbocycles. The Labute approximate surface area is 293 Å². The van der Waals surface area contributed by atoms with Crippen LogP contribution in [0.1, 0.15) is 103 Å². The molecule has 0 atom stereocenters. The molecule has 2 aromatic heterocycles. The van der Waals surface area contributed by atoms with E-state index >= 15 is 0 Å². The third-order valence-electron chi connectivity index (χ3n) is 9.74. The first-order valence-electron chi connectivity index (χ1n) is 17.1. The first-order valence-corrected chi connectivity index (χ1v) is 17.1. The Morgan fingerprint density at radius 1 is 0.915 bits per heavy atom. The molecule has 0 bridgehead atoms. The Bertz CT molecular complexity index is 1930. The zero-order valence-electron chi connectivity index (χ0n) is 29.4. The number of hydrogen-bond donors (Lipinski definition) is 1. The number of ketones is 1. The second-order valence-electron chi connectivity index (χ2n) is 13.8. The molecular formula is C41H49IrN2O3-. The van der Waals surface area contributed by atoms with Gasteiger partial charge in [-0.3, -0.25) is 14.8 Å². The molecule has 0 spiro atoms. The van der Waals surface area contributed by atoms with Gasteiger partial charge in [-0.25, -0.2) is 0 Å². The van der Waals surface area contributed by atoms with Crippen LogP contribution in [0.3, 0.4) is 0 Å². The van der Waals surface area contributed by atoms with Gasteiger partial charge in [0.2, 0.25) is 0 Å². The summed E-state index contributed by atoms with van der Waals surface area (Å²) in [5.74, 6) is 1.10. The third-order valence-corrected chi connectivity index (χ3v) is 9.74. The van der Waals surface area contributed by atoms with Gasteiger partial charge in [0.05, 0.1) is 22.4 Å². The SMILES string of the molecule is CCC(CC)C(=O)/C=C(\O)C(CC)CC.Cc1c[c-]c2c3c1oc1c(CC(C)C)ccc(c13)C(C)(C)c1nc3ccccc3nc1-2.[Ir]. The molecule has 0 aliphatic heterocycles. The number of allylic oxidation sites excluding steroid dienone is 2. The number of nitrogens with zero attached hydrogens (tertiary/aromatic N) is 2. The first kappa shape index (κ1) is 36.5. The van der Waals surface area contributed by atoms with Gasteiger partial charge in [-0.15, -0.1) is 17.7 Å². The van der Waals surface area contributed by atoms with Crippen LogP contribution in [-0.4, -0.2) is 20.9 Å². The number of benzene rings is 3. The summed E-state index contributed by atoms with van der Waals surface area (Å²) in [5.41, 5.74) is 10.0. The van der Waals surface area contributed by atoms with Gasteiger partial charge in [0.15, 0.2) is 5.78 Å². The molecule has 6 rings (SSSR count). The van der Waals surface area contributed by atoms with Crippen LogP contribution in [0.5, 0.6) is 0 Å². The molecule has 0 amide bonds. The number of aromatic nitrogens is 2. The minimum absolute atomic E-state index is 0. The molecule has 6 heteroatoms. The molecule has 0 saturated heterocycles. The molecule has 1 aliphatic carbocycles. The van der Waals surface area contributed by atoms with Crippen LogP contribution in [0.25, 0.3) is 44.2 Å². The predicted molar refractivity (Wildman–Crippen MR) is 190 cm³/mol. The quantitative estimate of drug-likeness (QED) is 0.0912. The molecule has 2 heterocycles. The van der Waals surface area contributed by atoms with Crippen molar-refractivity contribution < 1.29 is 34.4 Å². The molecule has 47 heavy (non-hydrogen) atoms. The first-order chi connectivity index (χ1) is 22.0. The van der Waals surface area contributed by atoms with Gasteiger partial charge in [-0.2, -0.15) is 0 Å². The summed E-state index contributed by atoms with van der Waals surface area (Å²) in [6.45, 7) is 19.2. The number of rotatable bonds is 9. The molecule has 1 N–H and O–H groups in total. The number of carbonyl (C=O) groups is 1. The maximum absolute atomic E-state index is 11.7. The zero-order chi connectivity index (χ0) is 33.3. The fourth-order valence-electron chi connectivity index (χ4n) is 6.92. The molecule has 5 aromatic rings. The predicted octanol–water partition coefficient (Wildman–Crippen LogP) is 11.0. The van der Waals surface area contributed by atoms with Crippen LogP contribution >= 0.6 is 0 Å². The van der Waals surface area contributed by atoms with E-state index in [4.69, 9.17) is 14.4 Å². The molecule has 1 radical (unpaired) electrons. The minimum Gasteiger partial charge on any atom is -0.512 e. The second kappa shape index (κ2) is 14.8. The Hall–Kier alpha value is -3.34. The standard InChI is InChI=1S/C28H25N2O.C13H24O2.Ir/c1-15(2)14-17-11-13-19-23-22-18(12-10-16(3)25(22)31-26(17)23)24-27(28(19,4)5)30-21-9-7-6-8-20(21)29-24;1-5-10(6-2)12(14)9-13(15)11(7-3)8-4;/h6-11,13,15H,14H2,1-5H3;9-11,14H,5-8H2,1-4H3;/q-1;;/b;12-9-;. The zero-order valence-corrected chi connectivity index (χ0v) is 31.8. The van der Waals surface area contributed by atoms with E-state index in [0.29, 0.717) is 5.92 Å².